The number of hydrogen-bond donors (Lipinski definition) is 0. The van der Waals surface area contributed by atoms with E-state index in [0.717, 1.165) is 0 Å². The molecule has 0 spiro atoms. The van der Waals surface area contributed by atoms with Crippen LogP contribution < -0.4 is 0 Å². The van der Waals surface area contributed by atoms with Crippen LogP contribution in [0.2, 0.25) is 0 Å². The van der Waals surface area contributed by atoms with Crippen molar-refractivity contribution < 1.29 is 9.18 Å². The Hall–Kier alpha value is -1.62. The third-order valence-corrected chi connectivity index (χ3v) is 1.60. The molecule has 0 aromatic heterocycles. The summed E-state index contributed by atoms with van der Waals surface area (Å²) in [6.07, 6.45) is 0.841. The molecule has 0 saturated carbocycles. The summed E-state index contributed by atoms with van der Waals surface area (Å²) in [6.45, 7) is 1.68. The molecule has 1 aromatic carbocycles. The Labute approximate surface area is 76.6 Å². The summed E-state index contributed by atoms with van der Waals surface area (Å²) in [5.41, 5.74) is 0.916. The van der Waals surface area contributed by atoms with Crippen molar-refractivity contribution in [1.82, 2.24) is 0 Å². The monoisotopic (exact) mass is 176 g/mol. The summed E-state index contributed by atoms with van der Waals surface area (Å²) in [7, 11) is 0. The van der Waals surface area contributed by atoms with Crippen molar-refractivity contribution in [3.8, 4) is 11.8 Å². The van der Waals surface area contributed by atoms with Crippen molar-refractivity contribution in [2.75, 3.05) is 0 Å². The number of carbonyl (C=O) groups is 1. The Morgan fingerprint density at radius 2 is 2.31 bits per heavy atom. The molecular formula is C11H9FO. The second-order valence-electron chi connectivity index (χ2n) is 2.61. The molecule has 0 N–H and O–H groups in total. The lowest BCUT2D eigenvalue weighted by Gasteiger charge is -1.96. The molecule has 0 amide bonds. The fraction of sp³-hybridized carbons (Fsp3) is 0.182. The molecule has 0 atom stereocenters. The van der Waals surface area contributed by atoms with Gasteiger partial charge in [-0.15, -0.1) is 0 Å². The van der Waals surface area contributed by atoms with E-state index in [1.807, 2.05) is 0 Å². The third kappa shape index (κ3) is 2.41. The van der Waals surface area contributed by atoms with Crippen molar-refractivity contribution in [3.05, 3.63) is 35.1 Å². The van der Waals surface area contributed by atoms with Crippen LogP contribution >= 0.6 is 0 Å². The number of aldehydes is 1. The van der Waals surface area contributed by atoms with Crippen LogP contribution in [0.3, 0.4) is 0 Å². The van der Waals surface area contributed by atoms with E-state index in [4.69, 9.17) is 0 Å². The lowest BCUT2D eigenvalue weighted by molar-refractivity contribution is -0.107. The van der Waals surface area contributed by atoms with Gasteiger partial charge in [0.15, 0.2) is 0 Å². The standard InChI is InChI=1S/C11H9FO/c1-9-5-4-7-10(11(9)12)6-2-3-8-13/h4-5,7-8H,3H2,1H3. The zero-order chi connectivity index (χ0) is 9.68. The minimum atomic E-state index is -0.305. The summed E-state index contributed by atoms with van der Waals surface area (Å²) in [4.78, 5) is 9.95. The van der Waals surface area contributed by atoms with Crippen LogP contribution in [0.15, 0.2) is 18.2 Å². The lowest BCUT2D eigenvalue weighted by Crippen LogP contribution is -1.87. The molecule has 0 saturated heterocycles. The van der Waals surface area contributed by atoms with Crippen LogP contribution in [0.4, 0.5) is 4.39 Å². The Bertz CT molecular complexity index is 371. The fourth-order valence-electron chi connectivity index (χ4n) is 0.932. The minimum absolute atomic E-state index is 0.146. The highest BCUT2D eigenvalue weighted by molar-refractivity contribution is 5.55. The van der Waals surface area contributed by atoms with E-state index in [1.165, 1.54) is 0 Å². The van der Waals surface area contributed by atoms with Crippen LogP contribution in [0.25, 0.3) is 0 Å². The zero-order valence-corrected chi connectivity index (χ0v) is 7.30. The summed E-state index contributed by atoms with van der Waals surface area (Å²) in [5, 5.41) is 0. The topological polar surface area (TPSA) is 17.1 Å². The zero-order valence-electron chi connectivity index (χ0n) is 7.30. The van der Waals surface area contributed by atoms with E-state index in [-0.39, 0.29) is 12.2 Å². The Morgan fingerprint density at radius 1 is 1.54 bits per heavy atom. The Morgan fingerprint density at radius 3 is 3.00 bits per heavy atom. The minimum Gasteiger partial charge on any atom is -0.302 e. The summed E-state index contributed by atoms with van der Waals surface area (Å²) in [5.74, 6) is 4.86. The molecule has 0 aliphatic heterocycles. The highest BCUT2D eigenvalue weighted by Gasteiger charge is 2.00. The van der Waals surface area contributed by atoms with Crippen molar-refractivity contribution in [3.63, 3.8) is 0 Å². The first-order chi connectivity index (χ1) is 6.25. The van der Waals surface area contributed by atoms with Gasteiger partial charge >= 0.3 is 0 Å². The SMILES string of the molecule is Cc1cccc(C#CCC=O)c1F. The van der Waals surface area contributed by atoms with Crippen LogP contribution in [0.1, 0.15) is 17.5 Å². The van der Waals surface area contributed by atoms with E-state index in [0.29, 0.717) is 17.4 Å². The van der Waals surface area contributed by atoms with Crippen molar-refractivity contribution in [2.24, 2.45) is 0 Å². The van der Waals surface area contributed by atoms with Gasteiger partial charge in [0.25, 0.3) is 0 Å². The maximum Gasteiger partial charge on any atom is 0.141 e. The average molecular weight is 176 g/mol. The van der Waals surface area contributed by atoms with Crippen molar-refractivity contribution in [1.29, 1.82) is 0 Å². The van der Waals surface area contributed by atoms with Gasteiger partial charge in [-0.05, 0) is 18.6 Å². The van der Waals surface area contributed by atoms with E-state index in [2.05, 4.69) is 11.8 Å². The van der Waals surface area contributed by atoms with E-state index in [1.54, 1.807) is 25.1 Å². The van der Waals surface area contributed by atoms with Crippen molar-refractivity contribution in [2.45, 2.75) is 13.3 Å². The number of carbonyl (C=O) groups excluding carboxylic acids is 1. The van der Waals surface area contributed by atoms with Gasteiger partial charge in [-0.25, -0.2) is 4.39 Å². The van der Waals surface area contributed by atoms with Gasteiger partial charge in [0.2, 0.25) is 0 Å². The van der Waals surface area contributed by atoms with Gasteiger partial charge in [0.05, 0.1) is 12.0 Å². The van der Waals surface area contributed by atoms with Crippen LogP contribution in [-0.4, -0.2) is 6.29 Å². The van der Waals surface area contributed by atoms with Crippen LogP contribution in [0.5, 0.6) is 0 Å². The molecule has 1 nitrogen and oxygen atoms in total. The largest absolute Gasteiger partial charge is 0.302 e. The molecule has 66 valence electrons. The quantitative estimate of drug-likeness (QED) is 0.473. The summed E-state index contributed by atoms with van der Waals surface area (Å²) < 4.78 is 13.2. The molecule has 0 bridgehead atoms. The number of aryl methyl sites for hydroxylation is 1. The second kappa shape index (κ2) is 4.42. The van der Waals surface area contributed by atoms with Crippen molar-refractivity contribution >= 4 is 6.29 Å². The first-order valence-electron chi connectivity index (χ1n) is 3.93. The molecule has 0 unspecified atom stereocenters. The molecule has 0 fully saturated rings. The number of benzene rings is 1. The molecule has 0 aliphatic rings. The molecule has 0 aliphatic carbocycles. The number of rotatable bonds is 1. The first-order valence-corrected chi connectivity index (χ1v) is 3.93. The van der Waals surface area contributed by atoms with Gasteiger partial charge in [0, 0.05) is 0 Å². The molecule has 0 heterocycles. The van der Waals surface area contributed by atoms with Gasteiger partial charge in [-0.3, -0.25) is 0 Å². The molecule has 0 radical (unpaired) electrons. The van der Waals surface area contributed by atoms with Gasteiger partial charge in [-0.2, -0.15) is 0 Å². The first kappa shape index (κ1) is 9.47. The molecule has 2 heteroatoms. The smallest absolute Gasteiger partial charge is 0.141 e. The van der Waals surface area contributed by atoms with E-state index in [9.17, 15) is 9.18 Å². The molecule has 1 aromatic rings. The Kier molecular flexibility index (Phi) is 3.22. The van der Waals surface area contributed by atoms with Gasteiger partial charge in [0.1, 0.15) is 12.1 Å². The summed E-state index contributed by atoms with van der Waals surface area (Å²) in [6, 6.07) is 5.02. The predicted octanol–water partition coefficient (Wildman–Crippen LogP) is 2.07. The molecule has 13 heavy (non-hydrogen) atoms. The lowest BCUT2D eigenvalue weighted by atomic mass is 10.1. The normalized spacial score (nSPS) is 8.77. The molecular weight excluding hydrogens is 167 g/mol. The Balaban J connectivity index is 2.97. The van der Waals surface area contributed by atoms with E-state index >= 15 is 0 Å². The van der Waals surface area contributed by atoms with Gasteiger partial charge in [-0.1, -0.05) is 24.0 Å². The third-order valence-electron chi connectivity index (χ3n) is 1.60. The maximum atomic E-state index is 13.2. The predicted molar refractivity (Wildman–Crippen MR) is 48.7 cm³/mol. The maximum absolute atomic E-state index is 13.2. The number of halogens is 1. The highest BCUT2D eigenvalue weighted by atomic mass is 19.1. The highest BCUT2D eigenvalue weighted by Crippen LogP contribution is 2.09. The average Bonchev–Trinajstić information content (AvgIpc) is 2.13. The number of hydrogen-bond acceptors (Lipinski definition) is 1. The van der Waals surface area contributed by atoms with E-state index < -0.39 is 0 Å². The van der Waals surface area contributed by atoms with Crippen LogP contribution in [0, 0.1) is 24.6 Å². The summed E-state index contributed by atoms with van der Waals surface area (Å²) >= 11 is 0. The van der Waals surface area contributed by atoms with Gasteiger partial charge < -0.3 is 4.79 Å². The van der Waals surface area contributed by atoms with Crippen LogP contribution in [-0.2, 0) is 4.79 Å². The second-order valence-corrected chi connectivity index (χ2v) is 2.61. The molecule has 1 rings (SSSR count). The fourth-order valence-corrected chi connectivity index (χ4v) is 0.932.